The van der Waals surface area contributed by atoms with Crippen LogP contribution in [-0.4, -0.2) is 50.0 Å². The Morgan fingerprint density at radius 3 is 2.47 bits per heavy atom. The van der Waals surface area contributed by atoms with Crippen LogP contribution in [0.15, 0.2) is 18.2 Å². The largest absolute Gasteiger partial charge is 0.465 e. The third-order valence-electron chi connectivity index (χ3n) is 5.94. The molecule has 1 aliphatic carbocycles. The standard InChI is InChI=1S/C20H23F4N5O3/c1-10(2)29-18(32-13-5-6-15(21)14(7-13)20(22,23)24)26-17(27-29)25-16-11-3-4-12(16)9-28(8-11)19(30)31/h5-7,10-12,16H,3-4,8-9H2,1-2H3,(H,25,27)(H,30,31)/t11-,12+,16+. The third-order valence-corrected chi connectivity index (χ3v) is 5.94. The molecule has 32 heavy (non-hydrogen) atoms. The molecule has 8 nitrogen and oxygen atoms in total. The van der Waals surface area contributed by atoms with E-state index in [0.717, 1.165) is 18.9 Å². The number of benzene rings is 1. The van der Waals surface area contributed by atoms with Crippen LogP contribution in [0.5, 0.6) is 11.8 Å². The van der Waals surface area contributed by atoms with Crippen molar-refractivity contribution in [2.45, 2.75) is 44.9 Å². The molecule has 2 heterocycles. The Kier molecular flexibility index (Phi) is 5.63. The van der Waals surface area contributed by atoms with Crippen LogP contribution >= 0.6 is 0 Å². The van der Waals surface area contributed by atoms with E-state index in [0.29, 0.717) is 25.2 Å². The molecule has 174 valence electrons. The zero-order chi connectivity index (χ0) is 23.2. The molecule has 2 aromatic rings. The summed E-state index contributed by atoms with van der Waals surface area (Å²) >= 11 is 0. The number of hydrogen-bond donors (Lipinski definition) is 2. The van der Waals surface area contributed by atoms with Gasteiger partial charge in [0.15, 0.2) is 0 Å². The zero-order valence-electron chi connectivity index (χ0n) is 17.4. The molecule has 2 fully saturated rings. The van der Waals surface area contributed by atoms with Crippen molar-refractivity contribution >= 4 is 12.0 Å². The van der Waals surface area contributed by atoms with Gasteiger partial charge in [-0.1, -0.05) is 0 Å². The van der Waals surface area contributed by atoms with Crippen LogP contribution in [0.4, 0.5) is 28.3 Å². The van der Waals surface area contributed by atoms with E-state index in [4.69, 9.17) is 4.74 Å². The molecule has 1 aliphatic heterocycles. The van der Waals surface area contributed by atoms with Crippen molar-refractivity contribution in [3.05, 3.63) is 29.6 Å². The maximum absolute atomic E-state index is 13.6. The van der Waals surface area contributed by atoms with Gasteiger partial charge in [0.05, 0.1) is 11.6 Å². The summed E-state index contributed by atoms with van der Waals surface area (Å²) in [5, 5.41) is 16.9. The lowest BCUT2D eigenvalue weighted by atomic mass is 9.92. The van der Waals surface area contributed by atoms with E-state index in [1.54, 1.807) is 0 Å². The summed E-state index contributed by atoms with van der Waals surface area (Å²) in [4.78, 5) is 17.0. The number of aromatic nitrogens is 3. The highest BCUT2D eigenvalue weighted by atomic mass is 19.4. The number of rotatable bonds is 5. The molecule has 1 saturated carbocycles. The average molecular weight is 457 g/mol. The summed E-state index contributed by atoms with van der Waals surface area (Å²) in [6.07, 6.45) is -4.02. The van der Waals surface area contributed by atoms with Crippen molar-refractivity contribution in [3.8, 4) is 11.8 Å². The highest BCUT2D eigenvalue weighted by Gasteiger charge is 2.44. The molecule has 0 radical (unpaired) electrons. The number of fused-ring (bicyclic) bond motifs is 2. The zero-order valence-corrected chi connectivity index (χ0v) is 17.4. The molecule has 2 bridgehead atoms. The van der Waals surface area contributed by atoms with E-state index in [-0.39, 0.29) is 41.6 Å². The highest BCUT2D eigenvalue weighted by Crippen LogP contribution is 2.39. The monoisotopic (exact) mass is 457 g/mol. The van der Waals surface area contributed by atoms with Crippen molar-refractivity contribution in [1.29, 1.82) is 0 Å². The quantitative estimate of drug-likeness (QED) is 0.637. The molecule has 1 aromatic carbocycles. The Hall–Kier alpha value is -3.05. The second-order valence-corrected chi connectivity index (χ2v) is 8.45. The Balaban J connectivity index is 1.55. The van der Waals surface area contributed by atoms with Gasteiger partial charge in [0.1, 0.15) is 11.6 Å². The van der Waals surface area contributed by atoms with Crippen molar-refractivity contribution in [2.24, 2.45) is 11.8 Å². The van der Waals surface area contributed by atoms with Crippen molar-refractivity contribution in [1.82, 2.24) is 19.7 Å². The fourth-order valence-corrected chi connectivity index (χ4v) is 4.43. The molecular weight excluding hydrogens is 434 g/mol. The fourth-order valence-electron chi connectivity index (χ4n) is 4.43. The molecule has 0 unspecified atom stereocenters. The van der Waals surface area contributed by atoms with Gasteiger partial charge in [-0.05, 0) is 56.7 Å². The van der Waals surface area contributed by atoms with Crippen LogP contribution in [0.2, 0.25) is 0 Å². The number of nitrogens with zero attached hydrogens (tertiary/aromatic N) is 4. The molecule has 4 rings (SSSR count). The Morgan fingerprint density at radius 1 is 1.25 bits per heavy atom. The lowest BCUT2D eigenvalue weighted by Gasteiger charge is -2.36. The number of alkyl halides is 3. The number of piperidine rings is 1. The summed E-state index contributed by atoms with van der Waals surface area (Å²) in [6.45, 7) is 4.47. The first-order valence-electron chi connectivity index (χ1n) is 10.3. The number of anilines is 1. The summed E-state index contributed by atoms with van der Waals surface area (Å²) in [6, 6.07) is 2.13. The lowest BCUT2D eigenvalue weighted by molar-refractivity contribution is -0.140. The van der Waals surface area contributed by atoms with Crippen LogP contribution in [0, 0.1) is 17.7 Å². The van der Waals surface area contributed by atoms with E-state index >= 15 is 0 Å². The maximum Gasteiger partial charge on any atom is 0.419 e. The number of hydrogen-bond acceptors (Lipinski definition) is 5. The SMILES string of the molecule is CC(C)n1nc(N[C@H]2[C@@H]3CC[C@H]2CN(C(=O)O)C3)nc1Oc1ccc(F)c(C(F)(F)F)c1. The van der Waals surface area contributed by atoms with E-state index < -0.39 is 23.7 Å². The predicted octanol–water partition coefficient (Wildman–Crippen LogP) is 4.61. The average Bonchev–Trinajstić information content (AvgIpc) is 3.18. The second kappa shape index (κ2) is 8.14. The predicted molar refractivity (Wildman–Crippen MR) is 105 cm³/mol. The van der Waals surface area contributed by atoms with Crippen molar-refractivity contribution < 1.29 is 32.2 Å². The first-order valence-corrected chi connectivity index (χ1v) is 10.3. The van der Waals surface area contributed by atoms with E-state index in [9.17, 15) is 27.5 Å². The van der Waals surface area contributed by atoms with Crippen LogP contribution in [0.3, 0.4) is 0 Å². The van der Waals surface area contributed by atoms with Crippen LogP contribution in [0.25, 0.3) is 0 Å². The summed E-state index contributed by atoms with van der Waals surface area (Å²) in [7, 11) is 0. The molecule has 12 heteroatoms. The molecule has 1 amide bonds. The van der Waals surface area contributed by atoms with Crippen LogP contribution in [0.1, 0.15) is 38.3 Å². The smallest absolute Gasteiger partial charge is 0.419 e. The number of nitrogens with one attached hydrogen (secondary N) is 1. The van der Waals surface area contributed by atoms with Gasteiger partial charge < -0.3 is 20.1 Å². The summed E-state index contributed by atoms with van der Waals surface area (Å²) in [5.74, 6) is -1.12. The molecule has 2 N–H and O–H groups in total. The van der Waals surface area contributed by atoms with Gasteiger partial charge in [-0.25, -0.2) is 13.9 Å². The first-order chi connectivity index (χ1) is 15.0. The molecular formula is C20H23F4N5O3. The number of carboxylic acid groups (broad SMARTS) is 1. The van der Waals surface area contributed by atoms with Gasteiger partial charge in [0.25, 0.3) is 0 Å². The first kappa shape index (κ1) is 22.2. The maximum atomic E-state index is 13.6. The molecule has 3 atom stereocenters. The minimum atomic E-state index is -4.86. The molecule has 2 aliphatic rings. The van der Waals surface area contributed by atoms with Gasteiger partial charge in [-0.3, -0.25) is 0 Å². The van der Waals surface area contributed by atoms with E-state index in [1.807, 2.05) is 13.8 Å². The molecule has 0 spiro atoms. The number of amides is 1. The van der Waals surface area contributed by atoms with Crippen LogP contribution < -0.4 is 10.1 Å². The third kappa shape index (κ3) is 4.30. The second-order valence-electron chi connectivity index (χ2n) is 8.45. The van der Waals surface area contributed by atoms with Crippen molar-refractivity contribution in [2.75, 3.05) is 18.4 Å². The van der Waals surface area contributed by atoms with Crippen LogP contribution in [-0.2, 0) is 6.18 Å². The molecule has 1 aromatic heterocycles. The topological polar surface area (TPSA) is 92.5 Å². The van der Waals surface area contributed by atoms with Crippen molar-refractivity contribution in [3.63, 3.8) is 0 Å². The van der Waals surface area contributed by atoms with Gasteiger partial charge in [-0.15, -0.1) is 5.10 Å². The lowest BCUT2D eigenvalue weighted by Crippen LogP contribution is -2.49. The fraction of sp³-hybridized carbons (Fsp3) is 0.550. The van der Waals surface area contributed by atoms with Gasteiger partial charge in [0, 0.05) is 19.1 Å². The Morgan fingerprint density at radius 2 is 1.91 bits per heavy atom. The Bertz CT molecular complexity index is 996. The van der Waals surface area contributed by atoms with Gasteiger partial charge in [0.2, 0.25) is 5.95 Å². The number of ether oxygens (including phenoxy) is 1. The highest BCUT2D eigenvalue weighted by molar-refractivity contribution is 5.65. The van der Waals surface area contributed by atoms with E-state index in [2.05, 4.69) is 15.4 Å². The van der Waals surface area contributed by atoms with Gasteiger partial charge in [-0.2, -0.15) is 18.2 Å². The van der Waals surface area contributed by atoms with E-state index in [1.165, 1.54) is 9.58 Å². The summed E-state index contributed by atoms with van der Waals surface area (Å²) < 4.78 is 59.6. The normalized spacial score (nSPS) is 23.0. The minimum absolute atomic E-state index is 0.0101. The Labute approximate surface area is 181 Å². The summed E-state index contributed by atoms with van der Waals surface area (Å²) in [5.41, 5.74) is -1.43. The van der Waals surface area contributed by atoms with Gasteiger partial charge >= 0.3 is 18.3 Å². The number of carbonyl (C=O) groups is 1. The molecule has 1 saturated heterocycles. The number of likely N-dealkylation sites (tertiary alicyclic amines) is 1. The number of halogens is 4. The minimum Gasteiger partial charge on any atom is -0.465 e.